The van der Waals surface area contributed by atoms with E-state index in [9.17, 15) is 14.4 Å². The van der Waals surface area contributed by atoms with Crippen LogP contribution in [0.4, 0.5) is 4.79 Å². The second-order valence-corrected chi connectivity index (χ2v) is 10.7. The van der Waals surface area contributed by atoms with Gasteiger partial charge in [0.15, 0.2) is 5.01 Å². The number of ketones is 1. The molecule has 0 aliphatic carbocycles. The van der Waals surface area contributed by atoms with Crippen LogP contribution in [0.15, 0.2) is 54.6 Å². The molecule has 2 heterocycles. The molecule has 0 bridgehead atoms. The molecule has 38 heavy (non-hydrogen) atoms. The first kappa shape index (κ1) is 27.7. The van der Waals surface area contributed by atoms with Gasteiger partial charge in [0.05, 0.1) is 36.6 Å². The SMILES string of the molecule is CC(C)C[C@H](NC(=O)N1CCOCC1)C(=O)NC(COCc1ccccc1)C(=O)c1nc2ccccc2s1. The fraction of sp³-hybridized carbons (Fsp3) is 0.429. The van der Waals surface area contributed by atoms with Gasteiger partial charge in [-0.15, -0.1) is 11.3 Å². The second-order valence-electron chi connectivity index (χ2n) is 9.64. The number of fused-ring (bicyclic) bond motifs is 1. The third-order valence-corrected chi connectivity index (χ3v) is 7.20. The number of amides is 3. The molecule has 10 heteroatoms. The summed E-state index contributed by atoms with van der Waals surface area (Å²) in [4.78, 5) is 46.0. The number of carbonyl (C=O) groups is 3. The predicted octanol–water partition coefficient (Wildman–Crippen LogP) is 3.64. The van der Waals surface area contributed by atoms with Crippen LogP contribution < -0.4 is 10.6 Å². The molecule has 4 rings (SSSR count). The van der Waals surface area contributed by atoms with Crippen LogP contribution in [-0.2, 0) is 20.9 Å². The van der Waals surface area contributed by atoms with Crippen molar-refractivity contribution >= 4 is 39.3 Å². The summed E-state index contributed by atoms with van der Waals surface area (Å²) in [6.07, 6.45) is 0.425. The third-order valence-electron chi connectivity index (χ3n) is 6.15. The number of carbonyl (C=O) groups excluding carboxylic acids is 3. The smallest absolute Gasteiger partial charge is 0.318 e. The van der Waals surface area contributed by atoms with Gasteiger partial charge in [-0.05, 0) is 30.0 Å². The Morgan fingerprint density at radius 1 is 1.00 bits per heavy atom. The first-order valence-corrected chi connectivity index (χ1v) is 13.7. The Bertz CT molecular complexity index is 1190. The molecule has 1 saturated heterocycles. The van der Waals surface area contributed by atoms with Crippen LogP contribution in [-0.4, -0.2) is 72.6 Å². The molecular weight excluding hydrogens is 504 g/mol. The zero-order valence-corrected chi connectivity index (χ0v) is 22.5. The van der Waals surface area contributed by atoms with Gasteiger partial charge in [-0.3, -0.25) is 9.59 Å². The van der Waals surface area contributed by atoms with E-state index in [2.05, 4.69) is 15.6 Å². The molecule has 3 aromatic rings. The van der Waals surface area contributed by atoms with Gasteiger partial charge in [0.2, 0.25) is 11.7 Å². The molecule has 9 nitrogen and oxygen atoms in total. The molecule has 1 fully saturated rings. The predicted molar refractivity (Wildman–Crippen MR) is 146 cm³/mol. The monoisotopic (exact) mass is 538 g/mol. The van der Waals surface area contributed by atoms with Crippen molar-refractivity contribution in [1.82, 2.24) is 20.5 Å². The van der Waals surface area contributed by atoms with Crippen LogP contribution in [0.2, 0.25) is 0 Å². The van der Waals surface area contributed by atoms with Gasteiger partial charge in [-0.25, -0.2) is 9.78 Å². The van der Waals surface area contributed by atoms with Crippen LogP contribution in [0.1, 0.15) is 35.6 Å². The lowest BCUT2D eigenvalue weighted by Crippen LogP contribution is -2.56. The van der Waals surface area contributed by atoms with E-state index in [1.165, 1.54) is 11.3 Å². The molecule has 0 saturated carbocycles. The Hall–Kier alpha value is -3.34. The number of ether oxygens (including phenoxy) is 2. The maximum Gasteiger partial charge on any atom is 0.318 e. The van der Waals surface area contributed by atoms with Crippen molar-refractivity contribution in [2.45, 2.75) is 39.0 Å². The van der Waals surface area contributed by atoms with Gasteiger partial charge in [0.25, 0.3) is 0 Å². The number of rotatable bonds is 11. The van der Waals surface area contributed by atoms with Crippen LogP contribution in [0, 0.1) is 5.92 Å². The lowest BCUT2D eigenvalue weighted by Gasteiger charge is -2.30. The largest absolute Gasteiger partial charge is 0.378 e. The number of para-hydroxylation sites is 1. The molecule has 3 amide bonds. The molecule has 2 atom stereocenters. The molecule has 202 valence electrons. The highest BCUT2D eigenvalue weighted by Crippen LogP contribution is 2.23. The highest BCUT2D eigenvalue weighted by atomic mass is 32.1. The Morgan fingerprint density at radius 3 is 2.42 bits per heavy atom. The van der Waals surface area contributed by atoms with Crippen molar-refractivity contribution < 1.29 is 23.9 Å². The molecule has 0 radical (unpaired) electrons. The number of benzene rings is 2. The number of morpholine rings is 1. The number of thiazole rings is 1. The van der Waals surface area contributed by atoms with Crippen LogP contribution in [0.5, 0.6) is 0 Å². The molecule has 1 aliphatic heterocycles. The molecule has 1 unspecified atom stereocenters. The van der Waals surface area contributed by atoms with Crippen molar-refractivity contribution in [3.05, 3.63) is 65.2 Å². The van der Waals surface area contributed by atoms with Crippen molar-refractivity contribution in [1.29, 1.82) is 0 Å². The number of nitrogens with zero attached hydrogens (tertiary/aromatic N) is 2. The van der Waals surface area contributed by atoms with Gasteiger partial charge in [-0.1, -0.05) is 56.3 Å². The normalized spacial score (nSPS) is 15.3. The summed E-state index contributed by atoms with van der Waals surface area (Å²) in [6.45, 7) is 6.09. The number of hydrogen-bond donors (Lipinski definition) is 2. The first-order valence-electron chi connectivity index (χ1n) is 12.9. The van der Waals surface area contributed by atoms with Gasteiger partial charge in [0, 0.05) is 13.1 Å². The maximum absolute atomic E-state index is 13.6. The topological polar surface area (TPSA) is 110 Å². The number of hydrogen-bond acceptors (Lipinski definition) is 7. The van der Waals surface area contributed by atoms with Crippen LogP contribution in [0.3, 0.4) is 0 Å². The fourth-order valence-corrected chi connectivity index (χ4v) is 5.12. The van der Waals surface area contributed by atoms with E-state index >= 15 is 0 Å². The van der Waals surface area contributed by atoms with E-state index in [0.717, 1.165) is 15.8 Å². The van der Waals surface area contributed by atoms with Gasteiger partial charge in [0.1, 0.15) is 12.1 Å². The van der Waals surface area contributed by atoms with E-state index in [1.54, 1.807) is 4.90 Å². The Morgan fingerprint density at radius 2 is 1.71 bits per heavy atom. The minimum atomic E-state index is -0.957. The standard InChI is InChI=1S/C28H34N4O5S/c1-19(2)16-22(31-28(35)32-12-14-36-15-13-32)26(34)29-23(18-37-17-20-8-4-3-5-9-20)25(33)27-30-21-10-6-7-11-24(21)38-27/h3-11,19,22-23H,12-18H2,1-2H3,(H,29,34)(H,31,35)/t22-,23?/m0/s1. The second kappa shape index (κ2) is 13.5. The number of urea groups is 1. The van der Waals surface area contributed by atoms with E-state index in [-0.39, 0.29) is 24.3 Å². The van der Waals surface area contributed by atoms with Crippen molar-refractivity contribution in [2.24, 2.45) is 5.92 Å². The highest BCUT2D eigenvalue weighted by Gasteiger charge is 2.31. The van der Waals surface area contributed by atoms with Crippen LogP contribution in [0.25, 0.3) is 10.2 Å². The van der Waals surface area contributed by atoms with E-state index < -0.39 is 18.0 Å². The Balaban J connectivity index is 1.49. The fourth-order valence-electron chi connectivity index (χ4n) is 4.16. The molecule has 2 aromatic carbocycles. The summed E-state index contributed by atoms with van der Waals surface area (Å²) in [5, 5.41) is 6.02. The van der Waals surface area contributed by atoms with E-state index in [0.29, 0.717) is 44.3 Å². The minimum absolute atomic E-state index is 0.0266. The Kier molecular flexibility index (Phi) is 9.80. The van der Waals surface area contributed by atoms with Gasteiger partial charge >= 0.3 is 6.03 Å². The minimum Gasteiger partial charge on any atom is -0.378 e. The summed E-state index contributed by atoms with van der Waals surface area (Å²) in [6, 6.07) is 15.1. The van der Waals surface area contributed by atoms with Crippen molar-refractivity contribution in [3.63, 3.8) is 0 Å². The third kappa shape index (κ3) is 7.59. The average molecular weight is 539 g/mol. The van der Waals surface area contributed by atoms with E-state index in [1.807, 2.05) is 68.4 Å². The molecule has 1 aromatic heterocycles. The van der Waals surface area contributed by atoms with Crippen molar-refractivity contribution in [2.75, 3.05) is 32.9 Å². The van der Waals surface area contributed by atoms with Crippen LogP contribution >= 0.6 is 11.3 Å². The van der Waals surface area contributed by atoms with Crippen molar-refractivity contribution in [3.8, 4) is 0 Å². The number of aromatic nitrogens is 1. The molecule has 1 aliphatic rings. The molecular formula is C28H34N4O5S. The average Bonchev–Trinajstić information content (AvgIpc) is 3.37. The van der Waals surface area contributed by atoms with E-state index in [4.69, 9.17) is 9.47 Å². The van der Waals surface area contributed by atoms with Gasteiger partial charge in [-0.2, -0.15) is 0 Å². The highest BCUT2D eigenvalue weighted by molar-refractivity contribution is 7.20. The molecule has 2 N–H and O–H groups in total. The first-order chi connectivity index (χ1) is 18.4. The number of nitrogens with one attached hydrogen (secondary N) is 2. The van der Waals surface area contributed by atoms with Gasteiger partial charge < -0.3 is 25.0 Å². The summed E-state index contributed by atoms with van der Waals surface area (Å²) >= 11 is 1.28. The summed E-state index contributed by atoms with van der Waals surface area (Å²) in [5.41, 5.74) is 1.69. The number of Topliss-reactive ketones (excluding diaryl/α,β-unsaturated/α-hetero) is 1. The summed E-state index contributed by atoms with van der Waals surface area (Å²) in [7, 11) is 0. The Labute approximate surface area is 226 Å². The molecule has 0 spiro atoms. The zero-order valence-electron chi connectivity index (χ0n) is 21.7. The lowest BCUT2D eigenvalue weighted by atomic mass is 10.0. The lowest BCUT2D eigenvalue weighted by molar-refractivity contribution is -0.124. The summed E-state index contributed by atoms with van der Waals surface area (Å²) < 4.78 is 12.1. The quantitative estimate of drug-likeness (QED) is 0.361. The maximum atomic E-state index is 13.6. The zero-order chi connectivity index (χ0) is 26.9. The summed E-state index contributed by atoms with van der Waals surface area (Å²) in [5.74, 6) is -0.609.